The standard InChI is InChI=1S/C15H23N5O/c1-11-5-6-12(9-17-11)14(16)15-13(21-4)10-18-20(15)8-7-19(2)3/h5-6,9-10,14H,7-8,16H2,1-4H3. The summed E-state index contributed by atoms with van der Waals surface area (Å²) in [4.78, 5) is 6.42. The Morgan fingerprint density at radius 2 is 2.10 bits per heavy atom. The molecular formula is C15H23N5O. The minimum atomic E-state index is -0.308. The van der Waals surface area contributed by atoms with Gasteiger partial charge in [0.25, 0.3) is 0 Å². The Morgan fingerprint density at radius 1 is 1.33 bits per heavy atom. The lowest BCUT2D eigenvalue weighted by Crippen LogP contribution is -2.23. The van der Waals surface area contributed by atoms with Gasteiger partial charge in [-0.2, -0.15) is 5.10 Å². The lowest BCUT2D eigenvalue weighted by molar-refractivity contribution is 0.363. The highest BCUT2D eigenvalue weighted by molar-refractivity contribution is 5.35. The molecule has 0 saturated carbocycles. The maximum Gasteiger partial charge on any atom is 0.161 e. The van der Waals surface area contributed by atoms with Gasteiger partial charge in [-0.05, 0) is 32.6 Å². The minimum Gasteiger partial charge on any atom is -0.493 e. The molecule has 1 unspecified atom stereocenters. The summed E-state index contributed by atoms with van der Waals surface area (Å²) in [5, 5.41) is 4.39. The molecule has 2 rings (SSSR count). The summed E-state index contributed by atoms with van der Waals surface area (Å²) in [5.74, 6) is 0.710. The van der Waals surface area contributed by atoms with Crippen LogP contribution in [-0.2, 0) is 6.54 Å². The molecule has 0 aliphatic heterocycles. The third kappa shape index (κ3) is 3.59. The fourth-order valence-electron chi connectivity index (χ4n) is 2.14. The lowest BCUT2D eigenvalue weighted by Gasteiger charge is -2.17. The molecule has 0 spiro atoms. The largest absolute Gasteiger partial charge is 0.493 e. The van der Waals surface area contributed by atoms with Gasteiger partial charge >= 0.3 is 0 Å². The van der Waals surface area contributed by atoms with Gasteiger partial charge in [0.05, 0.1) is 25.9 Å². The SMILES string of the molecule is COc1cnn(CCN(C)C)c1C(N)c1ccc(C)nc1. The third-order valence-corrected chi connectivity index (χ3v) is 3.41. The highest BCUT2D eigenvalue weighted by atomic mass is 16.5. The van der Waals surface area contributed by atoms with Crippen LogP contribution in [0.1, 0.15) is 23.0 Å². The Kier molecular flexibility index (Phi) is 4.93. The molecule has 0 saturated heterocycles. The molecular weight excluding hydrogens is 266 g/mol. The second-order valence-corrected chi connectivity index (χ2v) is 5.34. The van der Waals surface area contributed by atoms with Gasteiger partial charge in [0.2, 0.25) is 0 Å². The predicted molar refractivity (Wildman–Crippen MR) is 82.3 cm³/mol. The van der Waals surface area contributed by atoms with E-state index in [2.05, 4.69) is 15.0 Å². The Hall–Kier alpha value is -1.92. The van der Waals surface area contributed by atoms with Crippen LogP contribution in [0.4, 0.5) is 0 Å². The molecule has 0 radical (unpaired) electrons. The first kappa shape index (κ1) is 15.5. The van der Waals surface area contributed by atoms with E-state index in [4.69, 9.17) is 10.5 Å². The van der Waals surface area contributed by atoms with Crippen LogP contribution < -0.4 is 10.5 Å². The van der Waals surface area contributed by atoms with Crippen molar-refractivity contribution < 1.29 is 4.74 Å². The van der Waals surface area contributed by atoms with E-state index in [0.717, 1.165) is 30.0 Å². The molecule has 0 aromatic carbocycles. The number of likely N-dealkylation sites (N-methyl/N-ethyl adjacent to an activating group) is 1. The van der Waals surface area contributed by atoms with E-state index in [0.29, 0.717) is 5.75 Å². The van der Waals surface area contributed by atoms with E-state index in [9.17, 15) is 0 Å². The number of nitrogens with zero attached hydrogens (tertiary/aromatic N) is 4. The second kappa shape index (κ2) is 6.69. The first-order valence-corrected chi connectivity index (χ1v) is 6.95. The molecule has 0 bridgehead atoms. The van der Waals surface area contributed by atoms with Gasteiger partial charge in [-0.15, -0.1) is 0 Å². The average molecular weight is 289 g/mol. The highest BCUT2D eigenvalue weighted by Crippen LogP contribution is 2.27. The molecule has 0 amide bonds. The van der Waals surface area contributed by atoms with Gasteiger partial charge in [-0.3, -0.25) is 9.67 Å². The molecule has 1 atom stereocenters. The summed E-state index contributed by atoms with van der Waals surface area (Å²) in [7, 11) is 5.70. The van der Waals surface area contributed by atoms with Gasteiger partial charge in [-0.1, -0.05) is 6.07 Å². The summed E-state index contributed by atoms with van der Waals surface area (Å²) >= 11 is 0. The van der Waals surface area contributed by atoms with Gasteiger partial charge in [0.15, 0.2) is 5.75 Å². The molecule has 6 nitrogen and oxygen atoms in total. The number of nitrogens with two attached hydrogens (primary N) is 1. The molecule has 0 aliphatic rings. The zero-order valence-electron chi connectivity index (χ0n) is 13.1. The quantitative estimate of drug-likeness (QED) is 0.865. The number of aryl methyl sites for hydroxylation is 1. The lowest BCUT2D eigenvalue weighted by atomic mass is 10.1. The second-order valence-electron chi connectivity index (χ2n) is 5.34. The van der Waals surface area contributed by atoms with Crippen LogP contribution in [-0.4, -0.2) is 47.4 Å². The average Bonchev–Trinajstić information content (AvgIpc) is 2.88. The molecule has 114 valence electrons. The highest BCUT2D eigenvalue weighted by Gasteiger charge is 2.20. The summed E-state index contributed by atoms with van der Waals surface area (Å²) < 4.78 is 7.31. The van der Waals surface area contributed by atoms with Crippen molar-refractivity contribution in [1.29, 1.82) is 0 Å². The van der Waals surface area contributed by atoms with E-state index in [-0.39, 0.29) is 6.04 Å². The topological polar surface area (TPSA) is 69.2 Å². The van der Waals surface area contributed by atoms with Gasteiger partial charge in [-0.25, -0.2) is 0 Å². The normalized spacial score (nSPS) is 12.7. The first-order chi connectivity index (χ1) is 10.0. The monoisotopic (exact) mass is 289 g/mol. The number of rotatable bonds is 6. The number of hydrogen-bond donors (Lipinski definition) is 1. The molecule has 0 fully saturated rings. The summed E-state index contributed by atoms with van der Waals surface area (Å²) in [6.07, 6.45) is 3.52. The zero-order valence-corrected chi connectivity index (χ0v) is 13.1. The zero-order chi connectivity index (χ0) is 15.4. The van der Waals surface area contributed by atoms with Crippen molar-refractivity contribution in [1.82, 2.24) is 19.7 Å². The molecule has 2 aromatic heterocycles. The molecule has 21 heavy (non-hydrogen) atoms. The smallest absolute Gasteiger partial charge is 0.161 e. The van der Waals surface area contributed by atoms with Gasteiger partial charge in [0.1, 0.15) is 5.69 Å². The fourth-order valence-corrected chi connectivity index (χ4v) is 2.14. The van der Waals surface area contributed by atoms with Crippen LogP contribution in [0.15, 0.2) is 24.5 Å². The van der Waals surface area contributed by atoms with Crippen LogP contribution in [0.2, 0.25) is 0 Å². The number of hydrogen-bond acceptors (Lipinski definition) is 5. The van der Waals surface area contributed by atoms with Crippen LogP contribution in [0, 0.1) is 6.92 Å². The van der Waals surface area contributed by atoms with Crippen molar-refractivity contribution in [3.8, 4) is 5.75 Å². The Balaban J connectivity index is 2.31. The summed E-state index contributed by atoms with van der Waals surface area (Å²) in [6.45, 7) is 3.60. The van der Waals surface area contributed by atoms with Crippen LogP contribution in [0.5, 0.6) is 5.75 Å². The molecule has 2 heterocycles. The Bertz CT molecular complexity index is 576. The third-order valence-electron chi connectivity index (χ3n) is 3.41. The van der Waals surface area contributed by atoms with Crippen molar-refractivity contribution in [2.75, 3.05) is 27.7 Å². The van der Waals surface area contributed by atoms with Crippen molar-refractivity contribution in [2.24, 2.45) is 5.73 Å². The predicted octanol–water partition coefficient (Wildman–Crippen LogP) is 1.20. The van der Waals surface area contributed by atoms with E-state index in [1.807, 2.05) is 44.0 Å². The van der Waals surface area contributed by atoms with Gasteiger partial charge < -0.3 is 15.4 Å². The van der Waals surface area contributed by atoms with Gasteiger partial charge in [0, 0.05) is 18.4 Å². The van der Waals surface area contributed by atoms with E-state index < -0.39 is 0 Å². The fraction of sp³-hybridized carbons (Fsp3) is 0.467. The maximum absolute atomic E-state index is 6.40. The van der Waals surface area contributed by atoms with Crippen LogP contribution in [0.25, 0.3) is 0 Å². The summed E-state index contributed by atoms with van der Waals surface area (Å²) in [5.41, 5.74) is 9.20. The van der Waals surface area contributed by atoms with Crippen LogP contribution >= 0.6 is 0 Å². The van der Waals surface area contributed by atoms with Crippen molar-refractivity contribution in [3.05, 3.63) is 41.5 Å². The molecule has 2 aromatic rings. The minimum absolute atomic E-state index is 0.308. The van der Waals surface area contributed by atoms with Crippen molar-refractivity contribution in [2.45, 2.75) is 19.5 Å². The molecule has 2 N–H and O–H groups in total. The Labute approximate surface area is 125 Å². The Morgan fingerprint density at radius 3 is 2.67 bits per heavy atom. The number of ether oxygens (including phenoxy) is 1. The van der Waals surface area contributed by atoms with Crippen LogP contribution in [0.3, 0.4) is 0 Å². The maximum atomic E-state index is 6.40. The first-order valence-electron chi connectivity index (χ1n) is 6.95. The molecule has 0 aliphatic carbocycles. The van der Waals surface area contributed by atoms with E-state index in [1.165, 1.54) is 0 Å². The number of pyridine rings is 1. The van der Waals surface area contributed by atoms with E-state index in [1.54, 1.807) is 13.3 Å². The molecule has 6 heteroatoms. The van der Waals surface area contributed by atoms with Crippen molar-refractivity contribution >= 4 is 0 Å². The number of methoxy groups -OCH3 is 1. The summed E-state index contributed by atoms with van der Waals surface area (Å²) in [6, 6.07) is 3.65. The van der Waals surface area contributed by atoms with E-state index >= 15 is 0 Å². The van der Waals surface area contributed by atoms with Crippen molar-refractivity contribution in [3.63, 3.8) is 0 Å². The number of aromatic nitrogens is 3.